The molecule has 0 unspecified atom stereocenters. The number of benzene rings is 4. The van der Waals surface area contributed by atoms with Crippen LogP contribution in [0.15, 0.2) is 102 Å². The van der Waals surface area contributed by atoms with Crippen LogP contribution in [0.5, 0.6) is 11.5 Å². The number of rotatable bonds is 16. The van der Waals surface area contributed by atoms with Crippen molar-refractivity contribution in [2.45, 2.75) is 50.6 Å². The molecule has 9 nitrogen and oxygen atoms in total. The molecule has 0 aliphatic heterocycles. The average Bonchev–Trinajstić information content (AvgIpc) is 3.09. The SMILES string of the molecule is CCCCNC(=O)[C@@H](Cc1ccccc1)N(Cc1ccccc1Cl)C(=O)CN(c1ccc(OC)c(OC)c1)S(=O)(=O)c1ccc(C)cc1. The molecule has 254 valence electrons. The first-order chi connectivity index (χ1) is 23.1. The first-order valence-electron chi connectivity index (χ1n) is 15.7. The molecular weight excluding hydrogens is 650 g/mol. The molecule has 4 aromatic carbocycles. The molecule has 0 heterocycles. The van der Waals surface area contributed by atoms with Gasteiger partial charge >= 0.3 is 0 Å². The topological polar surface area (TPSA) is 105 Å². The second-order valence-electron chi connectivity index (χ2n) is 11.3. The van der Waals surface area contributed by atoms with E-state index < -0.39 is 28.5 Å². The summed E-state index contributed by atoms with van der Waals surface area (Å²) in [6.07, 6.45) is 1.85. The van der Waals surface area contributed by atoms with Crippen LogP contribution >= 0.6 is 11.6 Å². The molecule has 0 saturated carbocycles. The molecule has 0 aliphatic rings. The van der Waals surface area contributed by atoms with Gasteiger partial charge in [-0.25, -0.2) is 8.42 Å². The predicted octanol–water partition coefficient (Wildman–Crippen LogP) is 6.42. The van der Waals surface area contributed by atoms with E-state index in [2.05, 4.69) is 5.32 Å². The molecule has 1 atom stereocenters. The van der Waals surface area contributed by atoms with Gasteiger partial charge < -0.3 is 19.7 Å². The van der Waals surface area contributed by atoms with Gasteiger partial charge in [0.05, 0.1) is 24.8 Å². The van der Waals surface area contributed by atoms with Crippen LogP contribution in [0.2, 0.25) is 5.02 Å². The van der Waals surface area contributed by atoms with Crippen LogP contribution in [0, 0.1) is 6.92 Å². The van der Waals surface area contributed by atoms with E-state index >= 15 is 0 Å². The van der Waals surface area contributed by atoms with Crippen LogP contribution in [-0.2, 0) is 32.6 Å². The number of nitrogens with one attached hydrogen (secondary N) is 1. The Morgan fingerprint density at radius 1 is 0.875 bits per heavy atom. The average molecular weight is 692 g/mol. The molecule has 4 rings (SSSR count). The molecule has 0 aliphatic carbocycles. The fourth-order valence-electron chi connectivity index (χ4n) is 5.22. The number of sulfonamides is 1. The number of hydrogen-bond donors (Lipinski definition) is 1. The summed E-state index contributed by atoms with van der Waals surface area (Å²) < 4.78 is 40.5. The summed E-state index contributed by atoms with van der Waals surface area (Å²) in [7, 11) is -1.36. The standard InChI is InChI=1S/C37H42ClN3O6S/c1-5-6-22-39-37(43)33(23-28-12-8-7-9-13-28)40(25-29-14-10-11-15-32(29)38)36(42)26-41(30-18-21-34(46-3)35(24-30)47-4)48(44,45)31-19-16-27(2)17-20-31/h7-21,24,33H,5-6,22-23,25-26H2,1-4H3,(H,39,43)/t33-/m1/s1. The van der Waals surface area contributed by atoms with Crippen molar-refractivity contribution in [3.8, 4) is 11.5 Å². The second kappa shape index (κ2) is 17.0. The van der Waals surface area contributed by atoms with Gasteiger partial charge in [-0.3, -0.25) is 13.9 Å². The second-order valence-corrected chi connectivity index (χ2v) is 13.6. The summed E-state index contributed by atoms with van der Waals surface area (Å²) >= 11 is 6.58. The van der Waals surface area contributed by atoms with Crippen LogP contribution < -0.4 is 19.1 Å². The lowest BCUT2D eigenvalue weighted by molar-refractivity contribution is -0.140. The van der Waals surface area contributed by atoms with E-state index in [4.69, 9.17) is 21.1 Å². The highest BCUT2D eigenvalue weighted by atomic mass is 35.5. The minimum Gasteiger partial charge on any atom is -0.493 e. The highest BCUT2D eigenvalue weighted by molar-refractivity contribution is 7.92. The van der Waals surface area contributed by atoms with Crippen LogP contribution in [0.3, 0.4) is 0 Å². The van der Waals surface area contributed by atoms with Crippen molar-refractivity contribution >= 4 is 39.1 Å². The maximum absolute atomic E-state index is 14.7. The van der Waals surface area contributed by atoms with Gasteiger partial charge in [0.15, 0.2) is 11.5 Å². The Kier molecular flexibility index (Phi) is 12.9. The number of amides is 2. The van der Waals surface area contributed by atoms with E-state index in [1.807, 2.05) is 44.2 Å². The molecule has 0 saturated heterocycles. The number of methoxy groups -OCH3 is 2. The maximum atomic E-state index is 14.7. The van der Waals surface area contributed by atoms with Crippen molar-refractivity contribution in [2.75, 3.05) is 31.6 Å². The lowest BCUT2D eigenvalue weighted by atomic mass is 10.0. The zero-order chi connectivity index (χ0) is 34.7. The Bertz CT molecular complexity index is 1780. The number of unbranched alkanes of at least 4 members (excludes halogenated alkanes) is 1. The molecule has 11 heteroatoms. The van der Waals surface area contributed by atoms with Gasteiger partial charge in [0, 0.05) is 30.6 Å². The Balaban J connectivity index is 1.84. The van der Waals surface area contributed by atoms with Crippen molar-refractivity contribution in [1.29, 1.82) is 0 Å². The number of aryl methyl sites for hydroxylation is 1. The summed E-state index contributed by atoms with van der Waals surface area (Å²) in [5.74, 6) is -0.247. The largest absolute Gasteiger partial charge is 0.493 e. The number of halogens is 1. The molecule has 0 fully saturated rings. The molecule has 0 aromatic heterocycles. The summed E-state index contributed by atoms with van der Waals surface area (Å²) in [6, 6.07) is 26.6. The number of carbonyl (C=O) groups excluding carboxylic acids is 2. The fraction of sp³-hybridized carbons (Fsp3) is 0.297. The third kappa shape index (κ3) is 9.08. The lowest BCUT2D eigenvalue weighted by Crippen LogP contribution is -2.53. The van der Waals surface area contributed by atoms with Crippen LogP contribution in [0.4, 0.5) is 5.69 Å². The molecule has 2 amide bonds. The first-order valence-corrected chi connectivity index (χ1v) is 17.6. The van der Waals surface area contributed by atoms with Crippen molar-refractivity contribution < 1.29 is 27.5 Å². The van der Waals surface area contributed by atoms with E-state index in [9.17, 15) is 18.0 Å². The molecule has 0 radical (unpaired) electrons. The van der Waals surface area contributed by atoms with Crippen molar-refractivity contribution in [3.05, 3.63) is 119 Å². The highest BCUT2D eigenvalue weighted by Crippen LogP contribution is 2.34. The fourth-order valence-corrected chi connectivity index (χ4v) is 6.82. The Labute approximate surface area is 288 Å². The Morgan fingerprint density at radius 2 is 1.54 bits per heavy atom. The van der Waals surface area contributed by atoms with Gasteiger partial charge in [0.25, 0.3) is 10.0 Å². The van der Waals surface area contributed by atoms with Gasteiger partial charge in [0.1, 0.15) is 12.6 Å². The van der Waals surface area contributed by atoms with Gasteiger partial charge in [-0.2, -0.15) is 0 Å². The third-order valence-electron chi connectivity index (χ3n) is 7.94. The number of nitrogens with zero attached hydrogens (tertiary/aromatic N) is 2. The molecule has 0 bridgehead atoms. The van der Waals surface area contributed by atoms with Gasteiger partial charge in [-0.1, -0.05) is 91.2 Å². The predicted molar refractivity (Wildman–Crippen MR) is 189 cm³/mol. The zero-order valence-corrected chi connectivity index (χ0v) is 29.3. The van der Waals surface area contributed by atoms with E-state index in [1.54, 1.807) is 48.5 Å². The zero-order valence-electron chi connectivity index (χ0n) is 27.7. The van der Waals surface area contributed by atoms with Gasteiger partial charge in [0.2, 0.25) is 11.8 Å². The minimum atomic E-state index is -4.28. The number of carbonyl (C=O) groups is 2. The molecular formula is C37H42ClN3O6S. The Hall–Kier alpha value is -4.54. The van der Waals surface area contributed by atoms with Crippen LogP contribution in [-0.4, -0.2) is 58.5 Å². The minimum absolute atomic E-state index is 0.00600. The lowest BCUT2D eigenvalue weighted by Gasteiger charge is -2.34. The van der Waals surface area contributed by atoms with Crippen molar-refractivity contribution in [3.63, 3.8) is 0 Å². The van der Waals surface area contributed by atoms with E-state index in [1.165, 1.54) is 37.3 Å². The van der Waals surface area contributed by atoms with E-state index in [-0.39, 0.29) is 35.2 Å². The Morgan fingerprint density at radius 3 is 2.19 bits per heavy atom. The number of ether oxygens (including phenoxy) is 2. The quantitative estimate of drug-likeness (QED) is 0.136. The first kappa shape index (κ1) is 36.3. The summed E-state index contributed by atoms with van der Waals surface area (Å²) in [6.45, 7) is 3.69. The molecule has 0 spiro atoms. The molecule has 48 heavy (non-hydrogen) atoms. The third-order valence-corrected chi connectivity index (χ3v) is 10.1. The smallest absolute Gasteiger partial charge is 0.264 e. The summed E-state index contributed by atoms with van der Waals surface area (Å²) in [5, 5.41) is 3.41. The normalized spacial score (nSPS) is 11.8. The number of hydrogen-bond acceptors (Lipinski definition) is 6. The van der Waals surface area contributed by atoms with E-state index in [0.717, 1.165) is 28.3 Å². The van der Waals surface area contributed by atoms with Crippen LogP contribution in [0.25, 0.3) is 0 Å². The van der Waals surface area contributed by atoms with Crippen LogP contribution in [0.1, 0.15) is 36.5 Å². The van der Waals surface area contributed by atoms with Crippen molar-refractivity contribution in [1.82, 2.24) is 10.2 Å². The summed E-state index contributed by atoms with van der Waals surface area (Å²) in [4.78, 5) is 30.0. The van der Waals surface area contributed by atoms with E-state index in [0.29, 0.717) is 22.9 Å². The monoisotopic (exact) mass is 691 g/mol. The maximum Gasteiger partial charge on any atom is 0.264 e. The highest BCUT2D eigenvalue weighted by Gasteiger charge is 2.35. The molecule has 1 N–H and O–H groups in total. The van der Waals surface area contributed by atoms with Crippen molar-refractivity contribution in [2.24, 2.45) is 0 Å². The number of anilines is 1. The van der Waals surface area contributed by atoms with Gasteiger partial charge in [-0.05, 0) is 54.8 Å². The summed E-state index contributed by atoms with van der Waals surface area (Å²) in [5.41, 5.74) is 2.53. The molecule has 4 aromatic rings. The van der Waals surface area contributed by atoms with Gasteiger partial charge in [-0.15, -0.1) is 0 Å².